The van der Waals surface area contributed by atoms with Crippen molar-refractivity contribution in [1.29, 1.82) is 0 Å². The van der Waals surface area contributed by atoms with Gasteiger partial charge in [-0.05, 0) is 45.2 Å². The van der Waals surface area contributed by atoms with Gasteiger partial charge in [0.25, 0.3) is 0 Å². The van der Waals surface area contributed by atoms with Gasteiger partial charge in [0, 0.05) is 19.1 Å². The van der Waals surface area contributed by atoms with Crippen LogP contribution in [-0.2, 0) is 0 Å². The average Bonchev–Trinajstić information content (AvgIpc) is 2.67. The molecule has 1 saturated heterocycles. The Kier molecular flexibility index (Phi) is 4.62. The number of aliphatic hydroxyl groups is 1. The molecular weight excluding hydrogens is 200 g/mol. The number of likely N-dealkylation sites (tertiary alicyclic amines) is 1. The van der Waals surface area contributed by atoms with Crippen LogP contribution in [0.2, 0.25) is 0 Å². The normalized spacial score (nSPS) is 36.8. The molecule has 1 aliphatic heterocycles. The first-order valence-electron chi connectivity index (χ1n) is 6.86. The minimum Gasteiger partial charge on any atom is -0.393 e. The maximum Gasteiger partial charge on any atom is 0.0580 e. The summed E-state index contributed by atoms with van der Waals surface area (Å²) in [7, 11) is 2.23. The van der Waals surface area contributed by atoms with E-state index in [9.17, 15) is 5.11 Å². The van der Waals surface area contributed by atoms with Gasteiger partial charge in [0.15, 0.2) is 0 Å². The fourth-order valence-corrected chi connectivity index (χ4v) is 3.09. The first-order chi connectivity index (χ1) is 7.77. The van der Waals surface area contributed by atoms with E-state index in [0.29, 0.717) is 12.0 Å². The molecule has 3 heteroatoms. The number of hydrogen-bond donors (Lipinski definition) is 2. The van der Waals surface area contributed by atoms with Crippen molar-refractivity contribution in [3.63, 3.8) is 0 Å². The summed E-state index contributed by atoms with van der Waals surface area (Å²) in [6, 6.07) is 0.715. The smallest absolute Gasteiger partial charge is 0.0580 e. The molecule has 0 spiro atoms. The quantitative estimate of drug-likeness (QED) is 0.756. The lowest BCUT2D eigenvalue weighted by atomic mass is 10.0. The molecular formula is C13H26N2O. The highest BCUT2D eigenvalue weighted by molar-refractivity contribution is 4.81. The summed E-state index contributed by atoms with van der Waals surface area (Å²) in [6.45, 7) is 3.35. The number of piperidine rings is 1. The topological polar surface area (TPSA) is 35.5 Å². The van der Waals surface area contributed by atoms with E-state index in [1.54, 1.807) is 0 Å². The third kappa shape index (κ3) is 3.19. The minimum absolute atomic E-state index is 0.0448. The van der Waals surface area contributed by atoms with Gasteiger partial charge in [0.2, 0.25) is 0 Å². The molecule has 0 aromatic rings. The van der Waals surface area contributed by atoms with Gasteiger partial charge in [0.1, 0.15) is 0 Å². The largest absolute Gasteiger partial charge is 0.393 e. The summed E-state index contributed by atoms with van der Waals surface area (Å²) < 4.78 is 0. The summed E-state index contributed by atoms with van der Waals surface area (Å²) in [6.07, 6.45) is 7.44. The highest BCUT2D eigenvalue weighted by Gasteiger charge is 2.25. The second-order valence-corrected chi connectivity index (χ2v) is 5.55. The highest BCUT2D eigenvalue weighted by Crippen LogP contribution is 2.24. The Balaban J connectivity index is 1.63. The molecule has 1 heterocycles. The number of rotatable bonds is 4. The maximum atomic E-state index is 9.73. The lowest BCUT2D eigenvalue weighted by molar-refractivity contribution is 0.127. The van der Waals surface area contributed by atoms with Crippen molar-refractivity contribution < 1.29 is 5.11 Å². The van der Waals surface area contributed by atoms with E-state index in [-0.39, 0.29) is 6.10 Å². The molecule has 0 amide bonds. The van der Waals surface area contributed by atoms with Gasteiger partial charge in [-0.1, -0.05) is 12.8 Å². The Hall–Kier alpha value is -0.120. The molecule has 2 fully saturated rings. The number of nitrogens with one attached hydrogen (secondary N) is 1. The molecule has 1 aliphatic carbocycles. The molecule has 3 unspecified atom stereocenters. The molecule has 3 atom stereocenters. The number of aliphatic hydroxyl groups excluding tert-OH is 1. The molecule has 1 saturated carbocycles. The summed E-state index contributed by atoms with van der Waals surface area (Å²) in [4.78, 5) is 2.47. The minimum atomic E-state index is -0.0448. The van der Waals surface area contributed by atoms with Crippen molar-refractivity contribution in [1.82, 2.24) is 10.2 Å². The van der Waals surface area contributed by atoms with E-state index < -0.39 is 0 Å². The van der Waals surface area contributed by atoms with Crippen LogP contribution >= 0.6 is 0 Å². The Morgan fingerprint density at radius 1 is 1.12 bits per heavy atom. The summed E-state index contributed by atoms with van der Waals surface area (Å²) in [5.74, 6) is 0.508. The third-order valence-electron chi connectivity index (χ3n) is 4.33. The van der Waals surface area contributed by atoms with Crippen LogP contribution in [0.4, 0.5) is 0 Å². The van der Waals surface area contributed by atoms with Crippen molar-refractivity contribution >= 4 is 0 Å². The van der Waals surface area contributed by atoms with Gasteiger partial charge >= 0.3 is 0 Å². The van der Waals surface area contributed by atoms with Crippen LogP contribution in [0.5, 0.6) is 0 Å². The fourth-order valence-electron chi connectivity index (χ4n) is 3.09. The predicted molar refractivity (Wildman–Crippen MR) is 66.5 cm³/mol. The predicted octanol–water partition coefficient (Wildman–Crippen LogP) is 1.22. The SMILES string of the molecule is CN1CCCCC1CNCC1CCCC1O. The van der Waals surface area contributed by atoms with E-state index in [1.807, 2.05) is 0 Å². The van der Waals surface area contributed by atoms with Crippen molar-refractivity contribution in [2.75, 3.05) is 26.7 Å². The average molecular weight is 226 g/mol. The third-order valence-corrected chi connectivity index (χ3v) is 4.33. The van der Waals surface area contributed by atoms with Crippen LogP contribution in [0.1, 0.15) is 38.5 Å². The van der Waals surface area contributed by atoms with E-state index in [1.165, 1.54) is 38.6 Å². The molecule has 2 aliphatic rings. The van der Waals surface area contributed by atoms with E-state index >= 15 is 0 Å². The Morgan fingerprint density at radius 2 is 2.00 bits per heavy atom. The van der Waals surface area contributed by atoms with Crippen LogP contribution in [0, 0.1) is 5.92 Å². The zero-order valence-corrected chi connectivity index (χ0v) is 10.5. The fraction of sp³-hybridized carbons (Fsp3) is 1.00. The molecule has 0 aromatic carbocycles. The van der Waals surface area contributed by atoms with Crippen LogP contribution < -0.4 is 5.32 Å². The molecule has 16 heavy (non-hydrogen) atoms. The summed E-state index contributed by atoms with van der Waals surface area (Å²) >= 11 is 0. The van der Waals surface area contributed by atoms with E-state index in [4.69, 9.17) is 0 Å². The first kappa shape index (κ1) is 12.3. The van der Waals surface area contributed by atoms with E-state index in [2.05, 4.69) is 17.3 Å². The molecule has 2 N–H and O–H groups in total. The van der Waals surface area contributed by atoms with Gasteiger partial charge in [-0.25, -0.2) is 0 Å². The molecule has 94 valence electrons. The second-order valence-electron chi connectivity index (χ2n) is 5.55. The van der Waals surface area contributed by atoms with Crippen molar-refractivity contribution in [2.24, 2.45) is 5.92 Å². The monoisotopic (exact) mass is 226 g/mol. The van der Waals surface area contributed by atoms with E-state index in [0.717, 1.165) is 19.5 Å². The van der Waals surface area contributed by atoms with Gasteiger partial charge < -0.3 is 15.3 Å². The summed E-state index contributed by atoms with van der Waals surface area (Å²) in [5, 5.41) is 13.3. The Labute approximate surface area is 99.2 Å². The molecule has 0 aromatic heterocycles. The maximum absolute atomic E-state index is 9.73. The van der Waals surface area contributed by atoms with Crippen LogP contribution in [-0.4, -0.2) is 48.8 Å². The second kappa shape index (κ2) is 5.99. The van der Waals surface area contributed by atoms with Crippen LogP contribution in [0.25, 0.3) is 0 Å². The van der Waals surface area contributed by atoms with Crippen molar-refractivity contribution in [3.05, 3.63) is 0 Å². The van der Waals surface area contributed by atoms with Crippen LogP contribution in [0.15, 0.2) is 0 Å². The molecule has 2 rings (SSSR count). The van der Waals surface area contributed by atoms with Crippen molar-refractivity contribution in [3.8, 4) is 0 Å². The van der Waals surface area contributed by atoms with Crippen molar-refractivity contribution in [2.45, 2.75) is 50.7 Å². The lowest BCUT2D eigenvalue weighted by Gasteiger charge is -2.33. The van der Waals surface area contributed by atoms with Gasteiger partial charge in [-0.3, -0.25) is 0 Å². The number of hydrogen-bond acceptors (Lipinski definition) is 3. The zero-order chi connectivity index (χ0) is 11.4. The highest BCUT2D eigenvalue weighted by atomic mass is 16.3. The Bertz CT molecular complexity index is 210. The Morgan fingerprint density at radius 3 is 2.69 bits per heavy atom. The standard InChI is InChI=1S/C13H26N2O/c1-15-8-3-2-6-12(15)10-14-9-11-5-4-7-13(11)16/h11-14,16H,2-10H2,1H3. The number of likely N-dealkylation sites (N-methyl/N-ethyl adjacent to an activating group) is 1. The molecule has 0 radical (unpaired) electrons. The van der Waals surface area contributed by atoms with Crippen LogP contribution in [0.3, 0.4) is 0 Å². The number of nitrogens with zero attached hydrogens (tertiary/aromatic N) is 1. The van der Waals surface area contributed by atoms with Gasteiger partial charge in [-0.2, -0.15) is 0 Å². The molecule has 3 nitrogen and oxygen atoms in total. The van der Waals surface area contributed by atoms with Gasteiger partial charge in [0.05, 0.1) is 6.10 Å². The molecule has 0 bridgehead atoms. The zero-order valence-electron chi connectivity index (χ0n) is 10.5. The summed E-state index contributed by atoms with van der Waals surface area (Å²) in [5.41, 5.74) is 0. The first-order valence-corrected chi connectivity index (χ1v) is 6.86. The van der Waals surface area contributed by atoms with Gasteiger partial charge in [-0.15, -0.1) is 0 Å². The lowest BCUT2D eigenvalue weighted by Crippen LogP contribution is -2.44.